The predicted molar refractivity (Wildman–Crippen MR) is 166 cm³/mol. The number of hydrogen-bond acceptors (Lipinski definition) is 3. The molecule has 1 fully saturated rings. The number of ketones is 1. The first-order valence-electron chi connectivity index (χ1n) is 15.5. The van der Waals surface area contributed by atoms with E-state index in [1.54, 1.807) is 0 Å². The minimum atomic E-state index is 0.232. The molecule has 4 heteroatoms. The first kappa shape index (κ1) is 30.9. The lowest BCUT2D eigenvalue weighted by molar-refractivity contribution is -0.119. The first-order chi connectivity index (χ1) is 18.7. The molecule has 0 bridgehead atoms. The number of Topliss-reactive ketones (excluding diaryl/α,β-unsaturated/α-hetero) is 1. The fraction of sp³-hybridized carbons (Fsp3) is 0.600. The third-order valence-electron chi connectivity index (χ3n) is 7.85. The van der Waals surface area contributed by atoms with Gasteiger partial charge in [0.2, 0.25) is 5.91 Å². The number of rotatable bonds is 14. The van der Waals surface area contributed by atoms with Crippen LogP contribution >= 0.6 is 0 Å². The number of amides is 1. The molecule has 2 heterocycles. The smallest absolute Gasteiger partial charge is 0.227 e. The van der Waals surface area contributed by atoms with Crippen LogP contribution in [-0.2, 0) is 16.0 Å². The Bertz CT molecular complexity index is 1060. The Morgan fingerprint density at radius 2 is 1.95 bits per heavy atom. The summed E-state index contributed by atoms with van der Waals surface area (Å²) in [5.41, 5.74) is 6.26. The number of fused-ring (bicyclic) bond motifs is 1. The molecule has 0 aromatic heterocycles. The summed E-state index contributed by atoms with van der Waals surface area (Å²) >= 11 is 0. The van der Waals surface area contributed by atoms with Crippen LogP contribution in [0.25, 0.3) is 0 Å². The third kappa shape index (κ3) is 8.68. The van der Waals surface area contributed by atoms with Crippen molar-refractivity contribution in [2.45, 2.75) is 106 Å². The molecular formula is C35H52N2O2. The van der Waals surface area contributed by atoms with Gasteiger partial charge in [-0.2, -0.15) is 0 Å². The molecule has 1 amide bonds. The quantitative estimate of drug-likeness (QED) is 0.225. The summed E-state index contributed by atoms with van der Waals surface area (Å²) in [7, 11) is 0. The largest absolute Gasteiger partial charge is 0.339 e. The number of allylic oxidation sites excluding steroid dienone is 4. The number of carbonyl (C=O) groups is 2. The van der Waals surface area contributed by atoms with Crippen molar-refractivity contribution >= 4 is 23.1 Å². The van der Waals surface area contributed by atoms with E-state index in [4.69, 9.17) is 0 Å². The molecule has 0 aliphatic carbocycles. The minimum absolute atomic E-state index is 0.232. The molecule has 4 nitrogen and oxygen atoms in total. The summed E-state index contributed by atoms with van der Waals surface area (Å²) in [5.74, 6) is 2.03. The Balaban J connectivity index is 2.01. The molecular weight excluding hydrogens is 480 g/mol. The molecule has 3 rings (SSSR count). The Labute approximate surface area is 238 Å². The first-order valence-corrected chi connectivity index (χ1v) is 15.5. The number of para-hydroxylation sites is 1. The molecule has 1 unspecified atom stereocenters. The van der Waals surface area contributed by atoms with E-state index in [0.717, 1.165) is 63.7 Å². The fourth-order valence-electron chi connectivity index (χ4n) is 5.99. The molecule has 0 radical (unpaired) electrons. The van der Waals surface area contributed by atoms with Crippen LogP contribution in [0.2, 0.25) is 0 Å². The maximum absolute atomic E-state index is 12.9. The van der Waals surface area contributed by atoms with Gasteiger partial charge in [-0.15, -0.1) is 0 Å². The second-order valence-electron chi connectivity index (χ2n) is 12.2. The van der Waals surface area contributed by atoms with Crippen molar-refractivity contribution < 1.29 is 9.59 Å². The van der Waals surface area contributed by atoms with Crippen LogP contribution < -0.4 is 9.80 Å². The highest BCUT2D eigenvalue weighted by atomic mass is 16.2. The summed E-state index contributed by atoms with van der Waals surface area (Å²) in [6.07, 6.45) is 18.1. The Morgan fingerprint density at radius 1 is 1.15 bits per heavy atom. The van der Waals surface area contributed by atoms with Gasteiger partial charge in [-0.05, 0) is 74.5 Å². The van der Waals surface area contributed by atoms with E-state index in [-0.39, 0.29) is 5.91 Å². The van der Waals surface area contributed by atoms with E-state index >= 15 is 0 Å². The SMILES string of the molecule is C/C=C\C(=C/C(C)C)CN1/C(=C/CCC)C(CCCC(=O)CCC(C)C)Cc2cccc(N3CCCC3=O)c21. The predicted octanol–water partition coefficient (Wildman–Crippen LogP) is 8.81. The van der Waals surface area contributed by atoms with Crippen LogP contribution in [0.5, 0.6) is 0 Å². The van der Waals surface area contributed by atoms with Crippen molar-refractivity contribution in [3.05, 3.63) is 59.3 Å². The lowest BCUT2D eigenvalue weighted by Crippen LogP contribution is -2.37. The van der Waals surface area contributed by atoms with Gasteiger partial charge in [0, 0.05) is 44.0 Å². The van der Waals surface area contributed by atoms with E-state index < -0.39 is 0 Å². The molecule has 39 heavy (non-hydrogen) atoms. The lowest BCUT2D eigenvalue weighted by atomic mass is 9.83. The molecule has 214 valence electrons. The maximum atomic E-state index is 12.9. The van der Waals surface area contributed by atoms with Crippen molar-refractivity contribution in [2.24, 2.45) is 17.8 Å². The van der Waals surface area contributed by atoms with Crippen molar-refractivity contribution in [2.75, 3.05) is 22.9 Å². The molecule has 1 saturated heterocycles. The van der Waals surface area contributed by atoms with Gasteiger partial charge in [-0.25, -0.2) is 0 Å². The van der Waals surface area contributed by atoms with E-state index in [0.29, 0.717) is 42.8 Å². The van der Waals surface area contributed by atoms with Crippen LogP contribution in [0.15, 0.2) is 53.8 Å². The van der Waals surface area contributed by atoms with Crippen LogP contribution in [0, 0.1) is 17.8 Å². The second kappa shape index (κ2) is 15.2. The van der Waals surface area contributed by atoms with Crippen LogP contribution in [0.1, 0.15) is 105 Å². The molecule has 2 aliphatic heterocycles. The van der Waals surface area contributed by atoms with Gasteiger partial charge in [0.1, 0.15) is 5.78 Å². The Hall–Kier alpha value is -2.62. The second-order valence-corrected chi connectivity index (χ2v) is 12.2. The highest BCUT2D eigenvalue weighted by molar-refractivity contribution is 5.99. The van der Waals surface area contributed by atoms with Crippen LogP contribution in [0.4, 0.5) is 11.4 Å². The standard InChI is InChI=1S/C35H52N2O2/c1-7-9-17-32-29(14-10-16-31(38)21-20-26(3)4)24-30-15-11-18-33(36-22-12-19-34(36)39)35(30)37(32)25-28(13-8-2)23-27(5)6/h8,11,13,15,17-18,23,26-27,29H,7,9-10,12,14,16,19-22,24-25H2,1-6H3/b13-8-,28-23+,32-17+. The highest BCUT2D eigenvalue weighted by Crippen LogP contribution is 2.45. The molecule has 1 aromatic rings. The van der Waals surface area contributed by atoms with E-state index in [1.165, 1.54) is 22.5 Å². The number of unbranched alkanes of at least 4 members (excludes halogenated alkanes) is 1. The Kier molecular flexibility index (Phi) is 12.1. The average molecular weight is 533 g/mol. The Morgan fingerprint density at radius 3 is 2.59 bits per heavy atom. The zero-order valence-electron chi connectivity index (χ0n) is 25.5. The van der Waals surface area contributed by atoms with Crippen molar-refractivity contribution in [3.8, 4) is 0 Å². The molecule has 1 aromatic carbocycles. The average Bonchev–Trinajstić information content (AvgIpc) is 3.31. The number of anilines is 2. The van der Waals surface area contributed by atoms with Crippen molar-refractivity contribution in [1.29, 1.82) is 0 Å². The van der Waals surface area contributed by atoms with E-state index in [9.17, 15) is 9.59 Å². The monoisotopic (exact) mass is 532 g/mol. The maximum Gasteiger partial charge on any atom is 0.227 e. The lowest BCUT2D eigenvalue weighted by Gasteiger charge is -2.41. The number of benzene rings is 1. The molecule has 0 N–H and O–H groups in total. The zero-order valence-corrected chi connectivity index (χ0v) is 25.5. The van der Waals surface area contributed by atoms with Crippen LogP contribution in [-0.4, -0.2) is 24.8 Å². The van der Waals surface area contributed by atoms with E-state index in [2.05, 4.69) is 88.9 Å². The zero-order chi connectivity index (χ0) is 28.4. The van der Waals surface area contributed by atoms with Gasteiger partial charge in [0.05, 0.1) is 11.4 Å². The van der Waals surface area contributed by atoms with Crippen molar-refractivity contribution in [3.63, 3.8) is 0 Å². The van der Waals surface area contributed by atoms with Crippen molar-refractivity contribution in [1.82, 2.24) is 0 Å². The topological polar surface area (TPSA) is 40.6 Å². The number of carbonyl (C=O) groups excluding carboxylic acids is 2. The number of hydrogen-bond donors (Lipinski definition) is 0. The van der Waals surface area contributed by atoms with E-state index in [1.807, 2.05) is 4.90 Å². The van der Waals surface area contributed by atoms with Gasteiger partial charge < -0.3 is 9.80 Å². The van der Waals surface area contributed by atoms with Crippen LogP contribution in [0.3, 0.4) is 0 Å². The normalized spacial score (nSPS) is 19.3. The summed E-state index contributed by atoms with van der Waals surface area (Å²) in [4.78, 5) is 30.0. The van der Waals surface area contributed by atoms with Gasteiger partial charge in [0.15, 0.2) is 0 Å². The summed E-state index contributed by atoms with van der Waals surface area (Å²) in [5, 5.41) is 0. The van der Waals surface area contributed by atoms with Gasteiger partial charge in [0.25, 0.3) is 0 Å². The minimum Gasteiger partial charge on any atom is -0.339 e. The van der Waals surface area contributed by atoms with Gasteiger partial charge >= 0.3 is 0 Å². The fourth-order valence-corrected chi connectivity index (χ4v) is 5.99. The molecule has 0 saturated carbocycles. The number of nitrogens with zero attached hydrogens (tertiary/aromatic N) is 2. The molecule has 0 spiro atoms. The summed E-state index contributed by atoms with van der Waals surface area (Å²) < 4.78 is 0. The van der Waals surface area contributed by atoms with Gasteiger partial charge in [-0.1, -0.05) is 77.5 Å². The summed E-state index contributed by atoms with van der Waals surface area (Å²) in [6, 6.07) is 6.52. The molecule has 2 aliphatic rings. The molecule has 1 atom stereocenters. The third-order valence-corrected chi connectivity index (χ3v) is 7.85. The van der Waals surface area contributed by atoms with Gasteiger partial charge in [-0.3, -0.25) is 9.59 Å². The summed E-state index contributed by atoms with van der Waals surface area (Å²) in [6.45, 7) is 14.7. The highest BCUT2D eigenvalue weighted by Gasteiger charge is 2.34.